The Balaban J connectivity index is 0.00000363. The molecular weight excluding hydrogens is 511 g/mol. The van der Waals surface area contributed by atoms with Crippen molar-refractivity contribution in [2.75, 3.05) is 19.6 Å². The first kappa shape index (κ1) is 26.6. The Bertz CT molecular complexity index is 800. The van der Waals surface area contributed by atoms with Crippen LogP contribution in [-0.4, -0.2) is 41.7 Å². The third-order valence-electron chi connectivity index (χ3n) is 5.81. The van der Waals surface area contributed by atoms with E-state index in [1.165, 1.54) is 22.3 Å². The molecular formula is C26H39IN4O. The summed E-state index contributed by atoms with van der Waals surface area (Å²) in [4.78, 5) is 7.23. The van der Waals surface area contributed by atoms with Gasteiger partial charge in [-0.15, -0.1) is 24.0 Å². The fraction of sp³-hybridized carbons (Fsp3) is 0.500. The minimum atomic E-state index is -0.115. The number of hydrogen-bond donors (Lipinski definition) is 3. The molecule has 0 aromatic heterocycles. The Morgan fingerprint density at radius 1 is 0.969 bits per heavy atom. The standard InChI is InChI=1S/C26H38N4O.HI/c1-3-4-15-27-26(28-18-22-7-5-21(2)6-8-22)29-19-23-9-11-24(12-10-23)20-30-16-13-25(31)14-17-30;/h5-12,25,31H,3-4,13-20H2,1-2H3,(H2,27,28,29);1H. The maximum atomic E-state index is 9.67. The van der Waals surface area contributed by atoms with E-state index >= 15 is 0 Å². The summed E-state index contributed by atoms with van der Waals surface area (Å²) in [7, 11) is 0. The predicted molar refractivity (Wildman–Crippen MR) is 144 cm³/mol. The Labute approximate surface area is 210 Å². The van der Waals surface area contributed by atoms with E-state index in [9.17, 15) is 5.11 Å². The van der Waals surface area contributed by atoms with Crippen LogP contribution in [0.25, 0.3) is 0 Å². The maximum absolute atomic E-state index is 9.67. The first-order chi connectivity index (χ1) is 15.1. The second-order valence-corrected chi connectivity index (χ2v) is 8.61. The van der Waals surface area contributed by atoms with Crippen LogP contribution in [0.5, 0.6) is 0 Å². The molecule has 2 aromatic rings. The van der Waals surface area contributed by atoms with Crippen LogP contribution in [-0.2, 0) is 19.6 Å². The second-order valence-electron chi connectivity index (χ2n) is 8.61. The van der Waals surface area contributed by atoms with Crippen molar-refractivity contribution in [1.82, 2.24) is 15.5 Å². The zero-order valence-electron chi connectivity index (χ0n) is 19.5. The zero-order valence-corrected chi connectivity index (χ0v) is 21.8. The van der Waals surface area contributed by atoms with E-state index in [1.54, 1.807) is 0 Å². The molecule has 1 fully saturated rings. The molecule has 5 nitrogen and oxygen atoms in total. The summed E-state index contributed by atoms with van der Waals surface area (Å²) in [6, 6.07) is 17.4. The summed E-state index contributed by atoms with van der Waals surface area (Å²) in [5.41, 5.74) is 5.07. The van der Waals surface area contributed by atoms with E-state index in [2.05, 4.69) is 77.9 Å². The van der Waals surface area contributed by atoms with Crippen LogP contribution in [0.4, 0.5) is 0 Å². The molecule has 6 heteroatoms. The SMILES string of the molecule is CCCCNC(=NCc1ccc(CN2CCC(O)CC2)cc1)NCc1ccc(C)cc1.I. The number of guanidine groups is 1. The lowest BCUT2D eigenvalue weighted by Crippen LogP contribution is -2.37. The second kappa shape index (κ2) is 14.5. The summed E-state index contributed by atoms with van der Waals surface area (Å²) in [6.45, 7) is 9.58. The van der Waals surface area contributed by atoms with E-state index < -0.39 is 0 Å². The van der Waals surface area contributed by atoms with Gasteiger partial charge in [-0.2, -0.15) is 0 Å². The molecule has 0 spiro atoms. The number of rotatable bonds is 9. The van der Waals surface area contributed by atoms with Gasteiger partial charge >= 0.3 is 0 Å². The molecule has 3 rings (SSSR count). The molecule has 176 valence electrons. The van der Waals surface area contributed by atoms with Gasteiger partial charge in [-0.25, -0.2) is 4.99 Å². The van der Waals surface area contributed by atoms with E-state index in [-0.39, 0.29) is 30.1 Å². The number of likely N-dealkylation sites (tertiary alicyclic amines) is 1. The van der Waals surface area contributed by atoms with Crippen LogP contribution in [0.15, 0.2) is 53.5 Å². The first-order valence-electron chi connectivity index (χ1n) is 11.7. The van der Waals surface area contributed by atoms with E-state index in [0.717, 1.165) is 64.4 Å². The van der Waals surface area contributed by atoms with Crippen molar-refractivity contribution >= 4 is 29.9 Å². The van der Waals surface area contributed by atoms with Gasteiger partial charge in [-0.1, -0.05) is 67.4 Å². The van der Waals surface area contributed by atoms with E-state index in [1.807, 2.05) is 0 Å². The van der Waals surface area contributed by atoms with Crippen molar-refractivity contribution in [1.29, 1.82) is 0 Å². The fourth-order valence-electron chi connectivity index (χ4n) is 3.71. The lowest BCUT2D eigenvalue weighted by Gasteiger charge is -2.29. The smallest absolute Gasteiger partial charge is 0.191 e. The van der Waals surface area contributed by atoms with Gasteiger partial charge in [0.15, 0.2) is 5.96 Å². The zero-order chi connectivity index (χ0) is 21.9. The van der Waals surface area contributed by atoms with Crippen LogP contribution in [0.1, 0.15) is 54.9 Å². The van der Waals surface area contributed by atoms with Gasteiger partial charge in [0.1, 0.15) is 0 Å². The van der Waals surface area contributed by atoms with Crippen molar-refractivity contribution in [2.24, 2.45) is 4.99 Å². The molecule has 0 aliphatic carbocycles. The van der Waals surface area contributed by atoms with E-state index in [0.29, 0.717) is 6.54 Å². The number of hydrogen-bond acceptors (Lipinski definition) is 3. The van der Waals surface area contributed by atoms with Gasteiger partial charge in [-0.05, 0) is 42.9 Å². The minimum absolute atomic E-state index is 0. The third-order valence-corrected chi connectivity index (χ3v) is 5.81. The predicted octanol–water partition coefficient (Wildman–Crippen LogP) is 4.61. The van der Waals surface area contributed by atoms with Gasteiger partial charge in [-0.3, -0.25) is 4.90 Å². The molecule has 1 heterocycles. The highest BCUT2D eigenvalue weighted by molar-refractivity contribution is 14.0. The van der Waals surface area contributed by atoms with Gasteiger partial charge in [0.25, 0.3) is 0 Å². The number of unbranched alkanes of at least 4 members (excludes halogenated alkanes) is 1. The number of aliphatic hydroxyl groups excluding tert-OH is 1. The van der Waals surface area contributed by atoms with Gasteiger partial charge in [0.05, 0.1) is 12.6 Å². The largest absolute Gasteiger partial charge is 0.393 e. The number of aryl methyl sites for hydroxylation is 1. The number of aliphatic hydroxyl groups is 1. The van der Waals surface area contributed by atoms with E-state index in [4.69, 9.17) is 4.99 Å². The molecule has 1 aliphatic heterocycles. The Morgan fingerprint density at radius 2 is 1.59 bits per heavy atom. The Hall–Kier alpha value is -1.64. The summed E-state index contributed by atoms with van der Waals surface area (Å²) in [5, 5.41) is 16.6. The Kier molecular flexibility index (Phi) is 12.1. The maximum Gasteiger partial charge on any atom is 0.191 e. The third kappa shape index (κ3) is 9.46. The number of piperidine rings is 1. The molecule has 0 atom stereocenters. The highest BCUT2D eigenvalue weighted by Crippen LogP contribution is 2.14. The number of nitrogens with zero attached hydrogens (tertiary/aromatic N) is 2. The molecule has 1 aliphatic rings. The summed E-state index contributed by atoms with van der Waals surface area (Å²) in [6.07, 6.45) is 3.95. The fourth-order valence-corrected chi connectivity index (χ4v) is 3.71. The number of aliphatic imine (C=N–C) groups is 1. The molecule has 32 heavy (non-hydrogen) atoms. The van der Waals surface area contributed by atoms with Crippen LogP contribution in [0, 0.1) is 6.92 Å². The quantitative estimate of drug-likeness (QED) is 0.185. The lowest BCUT2D eigenvalue weighted by atomic mass is 10.1. The molecule has 0 unspecified atom stereocenters. The van der Waals surface area contributed by atoms with Crippen LogP contribution in [0.2, 0.25) is 0 Å². The lowest BCUT2D eigenvalue weighted by molar-refractivity contribution is 0.0792. The normalized spacial score (nSPS) is 15.3. The number of benzene rings is 2. The van der Waals surface area contributed by atoms with Crippen molar-refractivity contribution in [2.45, 2.75) is 65.3 Å². The highest BCUT2D eigenvalue weighted by atomic mass is 127. The highest BCUT2D eigenvalue weighted by Gasteiger charge is 2.16. The van der Waals surface area contributed by atoms with Crippen molar-refractivity contribution in [3.8, 4) is 0 Å². The summed E-state index contributed by atoms with van der Waals surface area (Å²) < 4.78 is 0. The molecule has 2 aromatic carbocycles. The van der Waals surface area contributed by atoms with Crippen molar-refractivity contribution in [3.63, 3.8) is 0 Å². The average molecular weight is 551 g/mol. The summed E-state index contributed by atoms with van der Waals surface area (Å²) >= 11 is 0. The molecule has 0 saturated carbocycles. The topological polar surface area (TPSA) is 59.9 Å². The Morgan fingerprint density at radius 3 is 2.25 bits per heavy atom. The molecule has 0 radical (unpaired) electrons. The van der Waals surface area contributed by atoms with Gasteiger partial charge in [0, 0.05) is 32.7 Å². The van der Waals surface area contributed by atoms with Gasteiger partial charge < -0.3 is 15.7 Å². The van der Waals surface area contributed by atoms with Crippen LogP contribution in [0.3, 0.4) is 0 Å². The van der Waals surface area contributed by atoms with Crippen molar-refractivity contribution < 1.29 is 5.11 Å². The molecule has 0 bridgehead atoms. The van der Waals surface area contributed by atoms with Crippen molar-refractivity contribution in [3.05, 3.63) is 70.8 Å². The van der Waals surface area contributed by atoms with Crippen LogP contribution < -0.4 is 10.6 Å². The minimum Gasteiger partial charge on any atom is -0.393 e. The van der Waals surface area contributed by atoms with Crippen LogP contribution >= 0.6 is 24.0 Å². The molecule has 1 saturated heterocycles. The summed E-state index contributed by atoms with van der Waals surface area (Å²) in [5.74, 6) is 0.866. The molecule has 3 N–H and O–H groups in total. The average Bonchev–Trinajstić information content (AvgIpc) is 2.79. The first-order valence-corrected chi connectivity index (χ1v) is 11.7. The number of nitrogens with one attached hydrogen (secondary N) is 2. The molecule has 0 amide bonds. The monoisotopic (exact) mass is 550 g/mol. The number of halogens is 1. The van der Waals surface area contributed by atoms with Gasteiger partial charge in [0.2, 0.25) is 0 Å².